The first-order chi connectivity index (χ1) is 10.2. The second kappa shape index (κ2) is 5.38. The lowest BCUT2D eigenvalue weighted by molar-refractivity contribution is -0.115. The van der Waals surface area contributed by atoms with Crippen molar-refractivity contribution in [2.45, 2.75) is 18.3 Å². The lowest BCUT2D eigenvalue weighted by atomic mass is 9.68. The van der Waals surface area contributed by atoms with E-state index in [1.54, 1.807) is 6.08 Å². The number of ketones is 1. The molecule has 0 aliphatic heterocycles. The molecule has 21 heavy (non-hydrogen) atoms. The second-order valence-corrected chi connectivity index (χ2v) is 5.33. The summed E-state index contributed by atoms with van der Waals surface area (Å²) in [7, 11) is 0. The fourth-order valence-electron chi connectivity index (χ4n) is 2.95. The Bertz CT molecular complexity index is 722. The van der Waals surface area contributed by atoms with Gasteiger partial charge in [-0.05, 0) is 35.8 Å². The van der Waals surface area contributed by atoms with E-state index < -0.39 is 0 Å². The Kier molecular flexibility index (Phi) is 3.41. The fourth-order valence-corrected chi connectivity index (χ4v) is 2.95. The third-order valence-electron chi connectivity index (χ3n) is 4.14. The van der Waals surface area contributed by atoms with E-state index in [1.807, 2.05) is 48.5 Å². The summed E-state index contributed by atoms with van der Waals surface area (Å²) in [5.41, 5.74) is 2.68. The molecule has 0 saturated heterocycles. The van der Waals surface area contributed by atoms with E-state index in [2.05, 4.69) is 18.2 Å². The topological polar surface area (TPSA) is 40.9 Å². The average Bonchev–Trinajstić information content (AvgIpc) is 2.57. The van der Waals surface area contributed by atoms with Crippen LogP contribution in [0, 0.1) is 11.3 Å². The van der Waals surface area contributed by atoms with E-state index >= 15 is 0 Å². The van der Waals surface area contributed by atoms with E-state index in [1.165, 1.54) is 5.56 Å². The Morgan fingerprint density at radius 1 is 0.952 bits per heavy atom. The lowest BCUT2D eigenvalue weighted by Crippen LogP contribution is -2.29. The minimum absolute atomic E-state index is 0.176. The van der Waals surface area contributed by atoms with Crippen molar-refractivity contribution >= 4 is 5.78 Å². The molecule has 0 aromatic heterocycles. The highest BCUT2D eigenvalue weighted by atomic mass is 16.1. The molecule has 0 fully saturated rings. The van der Waals surface area contributed by atoms with Gasteiger partial charge in [0.25, 0.3) is 0 Å². The van der Waals surface area contributed by atoms with E-state index in [-0.39, 0.29) is 11.2 Å². The van der Waals surface area contributed by atoms with Crippen LogP contribution in [0.4, 0.5) is 0 Å². The molecule has 2 aromatic rings. The molecule has 2 heteroatoms. The van der Waals surface area contributed by atoms with Gasteiger partial charge < -0.3 is 0 Å². The van der Waals surface area contributed by atoms with Crippen molar-refractivity contribution in [1.82, 2.24) is 0 Å². The highest BCUT2D eigenvalue weighted by molar-refractivity contribution is 5.91. The first kappa shape index (κ1) is 13.3. The quantitative estimate of drug-likeness (QED) is 0.835. The van der Waals surface area contributed by atoms with Crippen LogP contribution in [0.25, 0.3) is 0 Å². The van der Waals surface area contributed by atoms with Crippen molar-refractivity contribution in [3.63, 3.8) is 0 Å². The predicted octanol–water partition coefficient (Wildman–Crippen LogP) is 3.76. The highest BCUT2D eigenvalue weighted by Crippen LogP contribution is 2.40. The van der Waals surface area contributed by atoms with Crippen molar-refractivity contribution in [2.24, 2.45) is 0 Å². The zero-order valence-corrected chi connectivity index (χ0v) is 11.6. The number of allylic oxidation sites excluding steroid dienone is 2. The summed E-state index contributed by atoms with van der Waals surface area (Å²) in [4.78, 5) is 11.6. The molecular formula is C19H15NO. The monoisotopic (exact) mass is 273 g/mol. The maximum absolute atomic E-state index is 11.6. The second-order valence-electron chi connectivity index (χ2n) is 5.33. The Hall–Kier alpha value is -2.66. The van der Waals surface area contributed by atoms with Crippen molar-refractivity contribution in [3.8, 4) is 6.07 Å². The maximum atomic E-state index is 11.6. The summed E-state index contributed by atoms with van der Waals surface area (Å²) in [6.45, 7) is 0. The molecule has 1 aliphatic rings. The third kappa shape index (κ3) is 2.39. The minimum atomic E-state index is -0.275. The largest absolute Gasteiger partial charge is 0.295 e. The van der Waals surface area contributed by atoms with Gasteiger partial charge in [-0.3, -0.25) is 4.79 Å². The van der Waals surface area contributed by atoms with Crippen molar-refractivity contribution in [3.05, 3.63) is 83.4 Å². The summed E-state index contributed by atoms with van der Waals surface area (Å²) in [5, 5.41) is 8.95. The van der Waals surface area contributed by atoms with Gasteiger partial charge >= 0.3 is 0 Å². The summed E-state index contributed by atoms with van der Waals surface area (Å²) in [6, 6.07) is 20.0. The van der Waals surface area contributed by atoms with Crippen LogP contribution in [0.5, 0.6) is 0 Å². The molecule has 1 aliphatic carbocycles. The number of nitrogens with zero attached hydrogens (tertiary/aromatic N) is 1. The Labute approximate surface area is 124 Å². The smallest absolute Gasteiger partial charge is 0.155 e. The molecule has 0 spiro atoms. The van der Waals surface area contributed by atoms with Crippen LogP contribution < -0.4 is 0 Å². The molecule has 2 nitrogen and oxygen atoms in total. The molecule has 1 unspecified atom stereocenters. The lowest BCUT2D eigenvalue weighted by Gasteiger charge is -2.34. The highest BCUT2D eigenvalue weighted by Gasteiger charge is 2.34. The predicted molar refractivity (Wildman–Crippen MR) is 81.8 cm³/mol. The number of rotatable bonds is 2. The molecule has 1 atom stereocenters. The van der Waals surface area contributed by atoms with Gasteiger partial charge in [0.2, 0.25) is 0 Å². The molecule has 0 saturated carbocycles. The molecule has 3 rings (SSSR count). The molecule has 0 radical (unpaired) electrons. The summed E-state index contributed by atoms with van der Waals surface area (Å²) >= 11 is 0. The number of carbonyl (C=O) groups excluding carboxylic acids is 1. The van der Waals surface area contributed by atoms with Crippen LogP contribution in [0.2, 0.25) is 0 Å². The first-order valence-corrected chi connectivity index (χ1v) is 7.03. The van der Waals surface area contributed by atoms with Gasteiger partial charge in [-0.25, -0.2) is 0 Å². The van der Waals surface area contributed by atoms with Crippen molar-refractivity contribution < 1.29 is 4.79 Å². The van der Waals surface area contributed by atoms with E-state index in [0.717, 1.165) is 12.0 Å². The Morgan fingerprint density at radius 3 is 2.19 bits per heavy atom. The van der Waals surface area contributed by atoms with Crippen molar-refractivity contribution in [2.75, 3.05) is 0 Å². The summed E-state index contributed by atoms with van der Waals surface area (Å²) in [5.74, 6) is 0.176. The Morgan fingerprint density at radius 2 is 1.62 bits per heavy atom. The minimum Gasteiger partial charge on any atom is -0.295 e. The molecular weight excluding hydrogens is 258 g/mol. The molecule has 0 N–H and O–H groups in total. The molecule has 102 valence electrons. The molecule has 0 heterocycles. The van der Waals surface area contributed by atoms with Crippen LogP contribution in [0.3, 0.4) is 0 Å². The fraction of sp³-hybridized carbons (Fsp3) is 0.158. The van der Waals surface area contributed by atoms with Gasteiger partial charge in [0.1, 0.15) is 0 Å². The summed E-state index contributed by atoms with van der Waals surface area (Å²) < 4.78 is 0. The Balaban J connectivity index is 2.15. The van der Waals surface area contributed by atoms with Gasteiger partial charge in [-0.2, -0.15) is 5.26 Å². The first-order valence-electron chi connectivity index (χ1n) is 7.03. The van der Waals surface area contributed by atoms with Crippen molar-refractivity contribution in [1.29, 1.82) is 5.26 Å². The normalized spacial score (nSPS) is 21.0. The van der Waals surface area contributed by atoms with Crippen LogP contribution in [-0.2, 0) is 10.2 Å². The number of hydrogen-bond donors (Lipinski definition) is 0. The van der Waals surface area contributed by atoms with Crippen LogP contribution in [-0.4, -0.2) is 5.78 Å². The van der Waals surface area contributed by atoms with Crippen LogP contribution in [0.15, 0.2) is 66.7 Å². The number of benzene rings is 2. The number of hydrogen-bond acceptors (Lipinski definition) is 2. The molecule has 0 amide bonds. The van der Waals surface area contributed by atoms with Gasteiger partial charge in [-0.1, -0.05) is 48.5 Å². The van der Waals surface area contributed by atoms with E-state index in [9.17, 15) is 4.79 Å². The van der Waals surface area contributed by atoms with Gasteiger partial charge in [0.15, 0.2) is 5.78 Å². The summed E-state index contributed by atoms with van der Waals surface area (Å²) in [6.07, 6.45) is 5.01. The molecule has 0 bridgehead atoms. The zero-order chi connectivity index (χ0) is 14.7. The number of carbonyl (C=O) groups is 1. The average molecular weight is 273 g/mol. The third-order valence-corrected chi connectivity index (χ3v) is 4.14. The SMILES string of the molecule is N#Cc1ccc(C2(c3ccccc3)C=CC(=O)CC2)cc1. The van der Waals surface area contributed by atoms with Crippen LogP contribution >= 0.6 is 0 Å². The standard InChI is InChI=1S/C19H15NO/c20-14-15-6-8-17(9-7-15)19(12-10-18(21)11-13-19)16-4-2-1-3-5-16/h1-10,12H,11,13H2. The van der Waals surface area contributed by atoms with Gasteiger partial charge in [0, 0.05) is 11.8 Å². The maximum Gasteiger partial charge on any atom is 0.155 e. The van der Waals surface area contributed by atoms with Crippen LogP contribution in [0.1, 0.15) is 29.5 Å². The number of nitriles is 1. The van der Waals surface area contributed by atoms with Gasteiger partial charge in [-0.15, -0.1) is 0 Å². The molecule has 2 aromatic carbocycles. The van der Waals surface area contributed by atoms with E-state index in [4.69, 9.17) is 5.26 Å². The van der Waals surface area contributed by atoms with Gasteiger partial charge in [0.05, 0.1) is 11.6 Å². The zero-order valence-electron chi connectivity index (χ0n) is 11.6. The van der Waals surface area contributed by atoms with E-state index in [0.29, 0.717) is 12.0 Å².